The normalized spacial score (nSPS) is 15.8. The molecule has 7 nitrogen and oxygen atoms in total. The van der Waals surface area contributed by atoms with Crippen LogP contribution in [0, 0.1) is 0 Å². The van der Waals surface area contributed by atoms with Crippen molar-refractivity contribution in [3.63, 3.8) is 0 Å². The van der Waals surface area contributed by atoms with Crippen LogP contribution >= 0.6 is 0 Å². The van der Waals surface area contributed by atoms with Crippen LogP contribution in [0.25, 0.3) is 21.8 Å². The number of anilines is 1. The van der Waals surface area contributed by atoms with E-state index in [1.165, 1.54) is 16.3 Å². The van der Waals surface area contributed by atoms with Gasteiger partial charge in [0.1, 0.15) is 5.39 Å². The van der Waals surface area contributed by atoms with Crippen LogP contribution in [-0.4, -0.2) is 50.8 Å². The summed E-state index contributed by atoms with van der Waals surface area (Å²) in [5.41, 5.74) is 1.63. The highest BCUT2D eigenvalue weighted by atomic mass is 16.1. The molecule has 5 rings (SSSR count). The Bertz CT molecular complexity index is 1290. The van der Waals surface area contributed by atoms with Crippen LogP contribution in [0.2, 0.25) is 0 Å². The van der Waals surface area contributed by atoms with Crippen LogP contribution in [0.3, 0.4) is 0 Å². The van der Waals surface area contributed by atoms with Crippen LogP contribution in [0.15, 0.2) is 53.5 Å². The van der Waals surface area contributed by atoms with Gasteiger partial charge >= 0.3 is 0 Å². The number of hydrogen-bond acceptors (Lipinski definition) is 5. The molecule has 31 heavy (non-hydrogen) atoms. The Morgan fingerprint density at radius 3 is 2.48 bits per heavy atom. The molecule has 2 aromatic carbocycles. The summed E-state index contributed by atoms with van der Waals surface area (Å²) in [4.78, 5) is 25.0. The predicted molar refractivity (Wildman–Crippen MR) is 125 cm³/mol. The first-order valence-electron chi connectivity index (χ1n) is 10.8. The third-order valence-electron chi connectivity index (χ3n) is 6.01. The first-order valence-corrected chi connectivity index (χ1v) is 10.8. The van der Waals surface area contributed by atoms with Crippen molar-refractivity contribution in [3.8, 4) is 0 Å². The average Bonchev–Trinajstić information content (AvgIpc) is 3.20. The van der Waals surface area contributed by atoms with Gasteiger partial charge in [-0.05, 0) is 37.1 Å². The summed E-state index contributed by atoms with van der Waals surface area (Å²) in [6.07, 6.45) is 1.61. The lowest BCUT2D eigenvalue weighted by Gasteiger charge is -2.35. The lowest BCUT2D eigenvalue weighted by atomic mass is 10.0. The van der Waals surface area contributed by atoms with Crippen molar-refractivity contribution in [2.75, 3.05) is 31.1 Å². The van der Waals surface area contributed by atoms with Gasteiger partial charge in [-0.15, -0.1) is 0 Å². The first-order chi connectivity index (χ1) is 14.9. The van der Waals surface area contributed by atoms with Crippen LogP contribution in [0.4, 0.5) is 5.95 Å². The minimum atomic E-state index is -0.239. The minimum absolute atomic E-state index is 0.131. The Kier molecular flexibility index (Phi) is 4.78. The number of piperazine rings is 1. The lowest BCUT2D eigenvalue weighted by molar-refractivity contribution is 0.249. The largest absolute Gasteiger partial charge is 0.340 e. The molecule has 0 aliphatic carbocycles. The first kappa shape index (κ1) is 19.8. The highest BCUT2D eigenvalue weighted by Gasteiger charge is 2.23. The lowest BCUT2D eigenvalue weighted by Crippen LogP contribution is -2.47. The number of nitrogens with zero attached hydrogens (tertiary/aromatic N) is 5. The van der Waals surface area contributed by atoms with Gasteiger partial charge in [-0.25, -0.2) is 4.68 Å². The van der Waals surface area contributed by atoms with Crippen molar-refractivity contribution in [2.45, 2.75) is 32.9 Å². The highest BCUT2D eigenvalue weighted by Crippen LogP contribution is 2.22. The molecule has 0 spiro atoms. The second-order valence-electron chi connectivity index (χ2n) is 9.26. The fourth-order valence-electron chi connectivity index (χ4n) is 4.34. The zero-order valence-corrected chi connectivity index (χ0v) is 18.3. The maximum absolute atomic E-state index is 12.6. The van der Waals surface area contributed by atoms with Gasteiger partial charge in [0.05, 0.1) is 11.7 Å². The number of benzene rings is 2. The van der Waals surface area contributed by atoms with E-state index < -0.39 is 0 Å². The Labute approximate surface area is 181 Å². The Morgan fingerprint density at radius 1 is 0.968 bits per heavy atom. The zero-order valence-electron chi connectivity index (χ0n) is 18.3. The van der Waals surface area contributed by atoms with Crippen LogP contribution < -0.4 is 10.5 Å². The SMILES string of the molecule is CC(C)(C)n1ncc2c(=O)[nH]c(N3CCN(Cc4cccc5ccccc45)CC3)nc21. The van der Waals surface area contributed by atoms with Crippen molar-refractivity contribution in [1.29, 1.82) is 0 Å². The number of rotatable bonds is 3. The highest BCUT2D eigenvalue weighted by molar-refractivity contribution is 5.85. The van der Waals surface area contributed by atoms with Gasteiger partial charge in [-0.2, -0.15) is 10.1 Å². The van der Waals surface area contributed by atoms with E-state index in [0.29, 0.717) is 17.0 Å². The number of H-pyrrole nitrogens is 1. The molecule has 0 unspecified atom stereocenters. The summed E-state index contributed by atoms with van der Waals surface area (Å²) in [7, 11) is 0. The molecule has 0 bridgehead atoms. The van der Waals surface area contributed by atoms with E-state index in [9.17, 15) is 4.79 Å². The molecule has 1 aliphatic heterocycles. The van der Waals surface area contributed by atoms with Gasteiger partial charge in [0, 0.05) is 32.7 Å². The summed E-state index contributed by atoms with van der Waals surface area (Å²) in [6, 6.07) is 15.1. The molecule has 4 aromatic rings. The topological polar surface area (TPSA) is 70.1 Å². The molecule has 3 heterocycles. The summed E-state index contributed by atoms with van der Waals surface area (Å²) in [5, 5.41) is 7.54. The Hall–Kier alpha value is -3.19. The maximum atomic E-state index is 12.6. The molecule has 7 heteroatoms. The van der Waals surface area contributed by atoms with Crippen LogP contribution in [-0.2, 0) is 12.1 Å². The second kappa shape index (κ2) is 7.50. The number of fused-ring (bicyclic) bond motifs is 2. The van der Waals surface area contributed by atoms with Gasteiger partial charge in [-0.3, -0.25) is 14.7 Å². The molecule has 1 saturated heterocycles. The quantitative estimate of drug-likeness (QED) is 0.555. The molecule has 0 saturated carbocycles. The molecule has 0 radical (unpaired) electrons. The number of aromatic amines is 1. The van der Waals surface area contributed by atoms with Crippen molar-refractivity contribution >= 4 is 27.8 Å². The molecule has 0 atom stereocenters. The van der Waals surface area contributed by atoms with Gasteiger partial charge in [-0.1, -0.05) is 42.5 Å². The van der Waals surface area contributed by atoms with E-state index in [2.05, 4.69) is 83.1 Å². The van der Waals surface area contributed by atoms with Gasteiger partial charge in [0.2, 0.25) is 5.95 Å². The number of nitrogens with one attached hydrogen (secondary N) is 1. The fraction of sp³-hybridized carbons (Fsp3) is 0.375. The zero-order chi connectivity index (χ0) is 21.6. The average molecular weight is 417 g/mol. The standard InChI is InChI=1S/C24H28N6O/c1-24(2,3)30-21-20(15-25-30)22(31)27-23(26-21)29-13-11-28(12-14-29)16-18-9-6-8-17-7-4-5-10-19(17)18/h4-10,15H,11-14,16H2,1-3H3,(H,26,27,31). The summed E-state index contributed by atoms with van der Waals surface area (Å²) in [6.45, 7) is 10.6. The van der Waals surface area contributed by atoms with Gasteiger partial charge in [0.25, 0.3) is 5.56 Å². The van der Waals surface area contributed by atoms with E-state index >= 15 is 0 Å². The van der Waals surface area contributed by atoms with Gasteiger partial charge in [0.15, 0.2) is 5.65 Å². The van der Waals surface area contributed by atoms with E-state index in [1.807, 2.05) is 4.68 Å². The van der Waals surface area contributed by atoms with E-state index in [0.717, 1.165) is 32.7 Å². The monoisotopic (exact) mass is 416 g/mol. The fourth-order valence-corrected chi connectivity index (χ4v) is 4.34. The van der Waals surface area contributed by atoms with E-state index in [4.69, 9.17) is 4.98 Å². The number of aromatic nitrogens is 4. The smallest absolute Gasteiger partial charge is 0.263 e. The molecule has 2 aromatic heterocycles. The second-order valence-corrected chi connectivity index (χ2v) is 9.26. The van der Waals surface area contributed by atoms with Crippen LogP contribution in [0.1, 0.15) is 26.3 Å². The molecule has 0 amide bonds. The maximum Gasteiger partial charge on any atom is 0.263 e. The Morgan fingerprint density at radius 2 is 1.71 bits per heavy atom. The van der Waals surface area contributed by atoms with Crippen molar-refractivity contribution in [3.05, 3.63) is 64.6 Å². The van der Waals surface area contributed by atoms with Crippen molar-refractivity contribution < 1.29 is 0 Å². The molecule has 1 fully saturated rings. The molecule has 1 aliphatic rings. The predicted octanol–water partition coefficient (Wildman–Crippen LogP) is 3.35. The third-order valence-corrected chi connectivity index (χ3v) is 6.01. The van der Waals surface area contributed by atoms with E-state index in [-0.39, 0.29) is 11.1 Å². The van der Waals surface area contributed by atoms with Crippen LogP contribution in [0.5, 0.6) is 0 Å². The molecular formula is C24H28N6O. The van der Waals surface area contributed by atoms with Gasteiger partial charge < -0.3 is 4.90 Å². The van der Waals surface area contributed by atoms with Crippen molar-refractivity contribution in [1.82, 2.24) is 24.6 Å². The minimum Gasteiger partial charge on any atom is -0.340 e. The molecule has 160 valence electrons. The summed E-state index contributed by atoms with van der Waals surface area (Å²) < 4.78 is 1.83. The number of hydrogen-bond donors (Lipinski definition) is 1. The molecule has 1 N–H and O–H groups in total. The van der Waals surface area contributed by atoms with E-state index in [1.54, 1.807) is 6.20 Å². The molecular weight excluding hydrogens is 388 g/mol. The van der Waals surface area contributed by atoms with Crippen molar-refractivity contribution in [2.24, 2.45) is 0 Å². The summed E-state index contributed by atoms with van der Waals surface area (Å²) in [5.74, 6) is 0.633. The third kappa shape index (κ3) is 3.70. The Balaban J connectivity index is 1.35. The summed E-state index contributed by atoms with van der Waals surface area (Å²) >= 11 is 0.